The smallest absolute Gasteiger partial charge is 0.0784 e. The molecule has 1 aliphatic rings. The van der Waals surface area contributed by atoms with Gasteiger partial charge in [-0.3, -0.25) is 0 Å². The standard InChI is InChI=1S/C57H58N2Si/c1-9-37-57(5,10-2)40-29-31-43(32-30-40)59(52-35-36-54(60(6,7)8)47-27-19-17-25-45(47)52)53-39-51-55(48-28-20-18-26-46(48)53)49-34-33-44(38-50(49)56(51,3)4)58(41-21-13-11-14-22-41)42-23-15-12-16-24-42/h11-36,38-39H,9-10,37H2,1-8H3. The van der Waals surface area contributed by atoms with E-state index < -0.39 is 8.07 Å². The lowest BCUT2D eigenvalue weighted by Gasteiger charge is -2.33. The maximum absolute atomic E-state index is 2.57. The van der Waals surface area contributed by atoms with Crippen LogP contribution in [0.1, 0.15) is 70.6 Å². The van der Waals surface area contributed by atoms with Crippen LogP contribution in [0.15, 0.2) is 170 Å². The molecule has 0 heterocycles. The molecule has 0 amide bonds. The number of para-hydroxylation sites is 2. The van der Waals surface area contributed by atoms with Crippen molar-refractivity contribution in [3.63, 3.8) is 0 Å². The van der Waals surface area contributed by atoms with Crippen molar-refractivity contribution in [1.82, 2.24) is 0 Å². The molecular weight excluding hydrogens is 741 g/mol. The predicted octanol–water partition coefficient (Wildman–Crippen LogP) is 16.3. The summed E-state index contributed by atoms with van der Waals surface area (Å²) < 4.78 is 0. The van der Waals surface area contributed by atoms with Crippen LogP contribution >= 0.6 is 0 Å². The molecule has 8 aromatic rings. The van der Waals surface area contributed by atoms with Gasteiger partial charge in [-0.25, -0.2) is 0 Å². The van der Waals surface area contributed by atoms with E-state index in [1.165, 1.54) is 84.5 Å². The summed E-state index contributed by atoms with van der Waals surface area (Å²) in [6, 6.07) is 63.8. The fraction of sp³-hybridized carbons (Fsp3) is 0.228. The van der Waals surface area contributed by atoms with Crippen LogP contribution in [0.2, 0.25) is 19.6 Å². The van der Waals surface area contributed by atoms with Gasteiger partial charge in [0.05, 0.1) is 19.4 Å². The van der Waals surface area contributed by atoms with E-state index in [1.807, 2.05) is 0 Å². The molecule has 9 rings (SSSR count). The van der Waals surface area contributed by atoms with Gasteiger partial charge in [-0.1, -0.05) is 175 Å². The van der Waals surface area contributed by atoms with Gasteiger partial charge in [0.1, 0.15) is 0 Å². The first-order valence-corrected chi connectivity index (χ1v) is 25.5. The molecule has 1 atom stereocenters. The van der Waals surface area contributed by atoms with E-state index in [9.17, 15) is 0 Å². The molecule has 1 unspecified atom stereocenters. The topological polar surface area (TPSA) is 6.48 Å². The summed E-state index contributed by atoms with van der Waals surface area (Å²) in [6.07, 6.45) is 3.47. The number of anilines is 6. The van der Waals surface area contributed by atoms with Gasteiger partial charge in [0.2, 0.25) is 0 Å². The number of rotatable bonds is 11. The van der Waals surface area contributed by atoms with Gasteiger partial charge in [-0.2, -0.15) is 0 Å². The second kappa shape index (κ2) is 15.3. The summed E-state index contributed by atoms with van der Waals surface area (Å²) in [6.45, 7) is 19.3. The second-order valence-electron chi connectivity index (χ2n) is 18.7. The van der Waals surface area contributed by atoms with Gasteiger partial charge in [0.15, 0.2) is 0 Å². The van der Waals surface area contributed by atoms with Crippen molar-refractivity contribution < 1.29 is 0 Å². The molecule has 0 radical (unpaired) electrons. The molecule has 0 saturated heterocycles. The first-order valence-electron chi connectivity index (χ1n) is 22.0. The van der Waals surface area contributed by atoms with Crippen LogP contribution in [0.4, 0.5) is 34.1 Å². The summed E-state index contributed by atoms with van der Waals surface area (Å²) in [5.41, 5.74) is 13.7. The lowest BCUT2D eigenvalue weighted by molar-refractivity contribution is 0.414. The van der Waals surface area contributed by atoms with E-state index >= 15 is 0 Å². The highest BCUT2D eigenvalue weighted by Gasteiger charge is 2.39. The Kier molecular flexibility index (Phi) is 10.1. The number of hydrogen-bond donors (Lipinski definition) is 0. The highest BCUT2D eigenvalue weighted by atomic mass is 28.3. The number of nitrogens with zero attached hydrogens (tertiary/aromatic N) is 2. The Morgan fingerprint density at radius 1 is 0.500 bits per heavy atom. The molecule has 3 heteroatoms. The molecule has 0 spiro atoms. The maximum atomic E-state index is 2.57. The Morgan fingerprint density at radius 2 is 1.03 bits per heavy atom. The zero-order valence-corrected chi connectivity index (χ0v) is 37.7. The number of benzene rings is 8. The van der Waals surface area contributed by atoms with Gasteiger partial charge in [-0.05, 0) is 118 Å². The first-order chi connectivity index (χ1) is 28.9. The van der Waals surface area contributed by atoms with Crippen molar-refractivity contribution in [2.75, 3.05) is 9.80 Å². The van der Waals surface area contributed by atoms with E-state index in [0.29, 0.717) is 0 Å². The third-order valence-corrected chi connectivity index (χ3v) is 15.6. The molecule has 8 aromatic carbocycles. The summed E-state index contributed by atoms with van der Waals surface area (Å²) >= 11 is 0. The van der Waals surface area contributed by atoms with Crippen LogP contribution in [0.3, 0.4) is 0 Å². The van der Waals surface area contributed by atoms with Crippen molar-refractivity contribution in [3.05, 3.63) is 187 Å². The van der Waals surface area contributed by atoms with Crippen LogP contribution in [0.25, 0.3) is 32.7 Å². The average molecular weight is 799 g/mol. The van der Waals surface area contributed by atoms with E-state index in [-0.39, 0.29) is 10.8 Å². The lowest BCUT2D eigenvalue weighted by Crippen LogP contribution is -2.38. The fourth-order valence-corrected chi connectivity index (χ4v) is 11.7. The first kappa shape index (κ1) is 39.6. The Morgan fingerprint density at radius 3 is 1.62 bits per heavy atom. The van der Waals surface area contributed by atoms with E-state index in [2.05, 4.69) is 234 Å². The van der Waals surface area contributed by atoms with E-state index in [0.717, 1.165) is 23.5 Å². The summed E-state index contributed by atoms with van der Waals surface area (Å²) in [5.74, 6) is 0. The van der Waals surface area contributed by atoms with Crippen LogP contribution in [0, 0.1) is 0 Å². The largest absolute Gasteiger partial charge is 0.310 e. The highest BCUT2D eigenvalue weighted by molar-refractivity contribution is 6.90. The monoisotopic (exact) mass is 798 g/mol. The van der Waals surface area contributed by atoms with Gasteiger partial charge in [-0.15, -0.1) is 0 Å². The molecule has 0 saturated carbocycles. The predicted molar refractivity (Wildman–Crippen MR) is 264 cm³/mol. The molecule has 0 N–H and O–H groups in total. The van der Waals surface area contributed by atoms with Crippen molar-refractivity contribution in [2.45, 2.75) is 84.4 Å². The molecule has 60 heavy (non-hydrogen) atoms. The molecule has 300 valence electrons. The van der Waals surface area contributed by atoms with Gasteiger partial charge in [0.25, 0.3) is 0 Å². The van der Waals surface area contributed by atoms with Crippen LogP contribution in [-0.4, -0.2) is 8.07 Å². The van der Waals surface area contributed by atoms with Crippen molar-refractivity contribution in [1.29, 1.82) is 0 Å². The third-order valence-electron chi connectivity index (χ3n) is 13.5. The minimum Gasteiger partial charge on any atom is -0.310 e. The molecular formula is C57H58N2Si. The van der Waals surface area contributed by atoms with Gasteiger partial charge >= 0.3 is 0 Å². The molecule has 0 fully saturated rings. The molecule has 0 aromatic heterocycles. The van der Waals surface area contributed by atoms with Crippen molar-refractivity contribution in [2.24, 2.45) is 0 Å². The quantitative estimate of drug-likeness (QED) is 0.120. The average Bonchev–Trinajstić information content (AvgIpc) is 3.49. The maximum Gasteiger partial charge on any atom is 0.0784 e. The Balaban J connectivity index is 1.28. The highest BCUT2D eigenvalue weighted by Crippen LogP contribution is 2.56. The van der Waals surface area contributed by atoms with Crippen LogP contribution in [-0.2, 0) is 10.8 Å². The van der Waals surface area contributed by atoms with Crippen LogP contribution < -0.4 is 15.0 Å². The van der Waals surface area contributed by atoms with Crippen LogP contribution in [0.5, 0.6) is 0 Å². The number of hydrogen-bond acceptors (Lipinski definition) is 2. The molecule has 1 aliphatic carbocycles. The third kappa shape index (κ3) is 6.64. The minimum absolute atomic E-state index is 0.148. The Labute approximate surface area is 359 Å². The zero-order chi connectivity index (χ0) is 41.8. The van der Waals surface area contributed by atoms with Gasteiger partial charge in [0, 0.05) is 38.9 Å². The normalized spacial score (nSPS) is 14.1. The lowest BCUT2D eigenvalue weighted by atomic mass is 9.76. The van der Waals surface area contributed by atoms with Crippen molar-refractivity contribution >= 4 is 68.9 Å². The van der Waals surface area contributed by atoms with Gasteiger partial charge < -0.3 is 9.80 Å². The SMILES string of the molecule is CCCC(C)(CC)c1ccc(N(c2ccc([Si](C)(C)C)c3ccccc23)c2cc3c(c4ccccc24)-c2ccc(N(c4ccccc4)c4ccccc4)cc2C3(C)C)cc1. The van der Waals surface area contributed by atoms with E-state index in [4.69, 9.17) is 0 Å². The minimum atomic E-state index is -1.65. The fourth-order valence-electron chi connectivity index (χ4n) is 10.1. The summed E-state index contributed by atoms with van der Waals surface area (Å²) in [7, 11) is -1.65. The number of fused-ring (bicyclic) bond motifs is 6. The van der Waals surface area contributed by atoms with E-state index in [1.54, 1.807) is 0 Å². The molecule has 0 bridgehead atoms. The van der Waals surface area contributed by atoms with Crippen molar-refractivity contribution in [3.8, 4) is 11.1 Å². The summed E-state index contributed by atoms with van der Waals surface area (Å²) in [4.78, 5) is 4.95. The molecule has 0 aliphatic heterocycles. The zero-order valence-electron chi connectivity index (χ0n) is 36.7. The molecule has 2 nitrogen and oxygen atoms in total. The summed E-state index contributed by atoms with van der Waals surface area (Å²) in [5, 5.41) is 6.71. The Bertz CT molecular complexity index is 2800. The Hall–Kier alpha value is -5.90. The second-order valence-corrected chi connectivity index (χ2v) is 23.7.